The van der Waals surface area contributed by atoms with E-state index >= 15 is 0 Å². The molecule has 0 aromatic heterocycles. The maximum absolute atomic E-state index is 13.1. The van der Waals surface area contributed by atoms with E-state index in [4.69, 9.17) is 9.47 Å². The highest BCUT2D eigenvalue weighted by Gasteiger charge is 2.27. The third-order valence-corrected chi connectivity index (χ3v) is 7.93. The Hall–Kier alpha value is -2.94. The summed E-state index contributed by atoms with van der Waals surface area (Å²) in [6.45, 7) is 5.08. The van der Waals surface area contributed by atoms with Crippen LogP contribution >= 0.6 is 0 Å². The van der Waals surface area contributed by atoms with E-state index in [1.165, 1.54) is 10.4 Å². The molecule has 1 heterocycles. The first-order valence-corrected chi connectivity index (χ1v) is 12.3. The lowest BCUT2D eigenvalue weighted by molar-refractivity contribution is -0.117. The number of morpholine rings is 1. The van der Waals surface area contributed by atoms with Gasteiger partial charge in [-0.3, -0.25) is 4.79 Å². The molecule has 174 valence electrons. The molecule has 1 aliphatic rings. The number of nitrogens with zero attached hydrogens (tertiary/aromatic N) is 1. The summed E-state index contributed by atoms with van der Waals surface area (Å²) in [4.78, 5) is 13.2. The molecule has 1 amide bonds. The van der Waals surface area contributed by atoms with Crippen molar-refractivity contribution < 1.29 is 22.7 Å². The van der Waals surface area contributed by atoms with Gasteiger partial charge in [0.1, 0.15) is 5.75 Å². The third-order valence-electron chi connectivity index (χ3n) is 6.04. The smallest absolute Gasteiger partial charge is 0.243 e. The molecule has 0 saturated carbocycles. The van der Waals surface area contributed by atoms with E-state index in [0.29, 0.717) is 32.0 Å². The first-order chi connectivity index (χ1) is 15.8. The van der Waals surface area contributed by atoms with Crippen LogP contribution in [0.4, 0.5) is 5.69 Å². The Balaban J connectivity index is 1.55. The van der Waals surface area contributed by atoms with Gasteiger partial charge in [0.05, 0.1) is 31.1 Å². The topological polar surface area (TPSA) is 84.9 Å². The van der Waals surface area contributed by atoms with E-state index in [9.17, 15) is 13.2 Å². The molecule has 3 aromatic carbocycles. The predicted molar refractivity (Wildman–Crippen MR) is 128 cm³/mol. The molecule has 7 nitrogen and oxygen atoms in total. The summed E-state index contributed by atoms with van der Waals surface area (Å²) in [6, 6.07) is 16.5. The van der Waals surface area contributed by atoms with E-state index < -0.39 is 15.9 Å². The van der Waals surface area contributed by atoms with Crippen molar-refractivity contribution in [1.82, 2.24) is 4.31 Å². The van der Waals surface area contributed by atoms with Crippen molar-refractivity contribution in [3.63, 3.8) is 0 Å². The summed E-state index contributed by atoms with van der Waals surface area (Å²) in [5, 5.41) is 4.97. The van der Waals surface area contributed by atoms with Gasteiger partial charge in [-0.25, -0.2) is 8.42 Å². The van der Waals surface area contributed by atoms with Crippen LogP contribution in [0.3, 0.4) is 0 Å². The summed E-state index contributed by atoms with van der Waals surface area (Å²) in [5.74, 6) is 0.158. The van der Waals surface area contributed by atoms with Gasteiger partial charge in [0.15, 0.2) is 0 Å². The standard InChI is InChI=1S/C25H28N2O5S/c1-17-4-9-23(33(29,30)27-10-12-32-13-11-27)16-24(17)26-25(28)18(2)19-5-6-21-15-22(31-3)8-7-20(21)14-19/h4-9,14-16,18H,10-13H2,1-3H3,(H,26,28). The monoisotopic (exact) mass is 468 g/mol. The number of anilines is 1. The molecule has 1 fully saturated rings. The normalized spacial score (nSPS) is 15.8. The van der Waals surface area contributed by atoms with Gasteiger partial charge >= 0.3 is 0 Å². The Bertz CT molecular complexity index is 1280. The summed E-state index contributed by atoms with van der Waals surface area (Å²) >= 11 is 0. The minimum Gasteiger partial charge on any atom is -0.497 e. The van der Waals surface area contributed by atoms with Crippen LogP contribution in [-0.2, 0) is 19.6 Å². The van der Waals surface area contributed by atoms with Crippen molar-refractivity contribution in [2.24, 2.45) is 0 Å². The minimum atomic E-state index is -3.65. The van der Waals surface area contributed by atoms with Crippen LogP contribution in [0.1, 0.15) is 24.0 Å². The number of amides is 1. The van der Waals surface area contributed by atoms with Crippen LogP contribution in [0.5, 0.6) is 5.75 Å². The second-order valence-corrected chi connectivity index (χ2v) is 10.1. The Morgan fingerprint density at radius 2 is 1.73 bits per heavy atom. The number of methoxy groups -OCH3 is 1. The second-order valence-electron chi connectivity index (χ2n) is 8.18. The largest absolute Gasteiger partial charge is 0.497 e. The second kappa shape index (κ2) is 9.51. The predicted octanol–water partition coefficient (Wildman–Crippen LogP) is 3.92. The van der Waals surface area contributed by atoms with E-state index in [2.05, 4.69) is 5.32 Å². The molecule has 0 bridgehead atoms. The number of carbonyl (C=O) groups excluding carboxylic acids is 1. The number of benzene rings is 3. The van der Waals surface area contributed by atoms with E-state index in [-0.39, 0.29) is 10.8 Å². The number of rotatable bonds is 6. The van der Waals surface area contributed by atoms with Crippen molar-refractivity contribution in [2.75, 3.05) is 38.7 Å². The Labute approximate surface area is 194 Å². The zero-order valence-corrected chi connectivity index (χ0v) is 19.8. The molecule has 3 aromatic rings. The number of hydrogen-bond acceptors (Lipinski definition) is 5. The molecule has 8 heteroatoms. The van der Waals surface area contributed by atoms with Gasteiger partial charge in [-0.15, -0.1) is 0 Å². The zero-order valence-electron chi connectivity index (χ0n) is 19.0. The Kier molecular flexibility index (Phi) is 6.69. The fourth-order valence-corrected chi connectivity index (χ4v) is 5.30. The van der Waals surface area contributed by atoms with Gasteiger partial charge < -0.3 is 14.8 Å². The molecule has 4 rings (SSSR count). The fraction of sp³-hybridized carbons (Fsp3) is 0.320. The van der Waals surface area contributed by atoms with Crippen molar-refractivity contribution in [1.29, 1.82) is 0 Å². The quantitative estimate of drug-likeness (QED) is 0.593. The van der Waals surface area contributed by atoms with Crippen LogP contribution in [0.2, 0.25) is 0 Å². The number of fused-ring (bicyclic) bond motifs is 1. The van der Waals surface area contributed by atoms with E-state index in [0.717, 1.165) is 27.6 Å². The minimum absolute atomic E-state index is 0.164. The molecule has 1 atom stereocenters. The lowest BCUT2D eigenvalue weighted by Gasteiger charge is -2.26. The number of aryl methyl sites for hydroxylation is 1. The number of sulfonamides is 1. The Morgan fingerprint density at radius 3 is 2.45 bits per heavy atom. The first-order valence-electron chi connectivity index (χ1n) is 10.9. The van der Waals surface area contributed by atoms with Crippen LogP contribution in [0.15, 0.2) is 59.5 Å². The van der Waals surface area contributed by atoms with Crippen molar-refractivity contribution in [3.05, 3.63) is 65.7 Å². The van der Waals surface area contributed by atoms with Crippen LogP contribution in [-0.4, -0.2) is 52.0 Å². The van der Waals surface area contributed by atoms with Gasteiger partial charge in [0, 0.05) is 18.8 Å². The van der Waals surface area contributed by atoms with Gasteiger partial charge in [-0.2, -0.15) is 4.31 Å². The highest BCUT2D eigenvalue weighted by Crippen LogP contribution is 2.28. The molecule has 0 aliphatic carbocycles. The van der Waals surface area contributed by atoms with Crippen molar-refractivity contribution in [3.8, 4) is 5.75 Å². The molecule has 0 radical (unpaired) electrons. The van der Waals surface area contributed by atoms with Crippen LogP contribution in [0.25, 0.3) is 10.8 Å². The van der Waals surface area contributed by atoms with Gasteiger partial charge in [0.25, 0.3) is 0 Å². The van der Waals surface area contributed by atoms with Gasteiger partial charge in [0.2, 0.25) is 15.9 Å². The average molecular weight is 469 g/mol. The lowest BCUT2D eigenvalue weighted by Crippen LogP contribution is -2.40. The van der Waals surface area contributed by atoms with Crippen LogP contribution < -0.4 is 10.1 Å². The molecule has 1 aliphatic heterocycles. The maximum atomic E-state index is 13.1. The lowest BCUT2D eigenvalue weighted by atomic mass is 9.96. The summed E-state index contributed by atoms with van der Waals surface area (Å²) in [6.07, 6.45) is 0. The average Bonchev–Trinajstić information content (AvgIpc) is 2.84. The van der Waals surface area contributed by atoms with E-state index in [1.807, 2.05) is 50.2 Å². The van der Waals surface area contributed by atoms with Crippen LogP contribution in [0, 0.1) is 6.92 Å². The van der Waals surface area contributed by atoms with E-state index in [1.54, 1.807) is 19.2 Å². The molecule has 1 N–H and O–H groups in total. The maximum Gasteiger partial charge on any atom is 0.243 e. The number of hydrogen-bond donors (Lipinski definition) is 1. The van der Waals surface area contributed by atoms with Gasteiger partial charge in [-0.1, -0.05) is 30.3 Å². The molecule has 0 spiro atoms. The summed E-state index contributed by atoms with van der Waals surface area (Å²) in [5.41, 5.74) is 2.16. The van der Waals surface area contributed by atoms with Crippen molar-refractivity contribution >= 4 is 32.4 Å². The highest BCUT2D eigenvalue weighted by molar-refractivity contribution is 7.89. The fourth-order valence-electron chi connectivity index (χ4n) is 3.86. The number of carbonyl (C=O) groups is 1. The number of nitrogens with one attached hydrogen (secondary N) is 1. The molecule has 33 heavy (non-hydrogen) atoms. The zero-order chi connectivity index (χ0) is 23.6. The molecule has 1 unspecified atom stereocenters. The Morgan fingerprint density at radius 1 is 1.03 bits per heavy atom. The number of ether oxygens (including phenoxy) is 2. The highest BCUT2D eigenvalue weighted by atomic mass is 32.2. The summed E-state index contributed by atoms with van der Waals surface area (Å²) < 4.78 is 38.0. The SMILES string of the molecule is COc1ccc2cc(C(C)C(=O)Nc3cc(S(=O)(=O)N4CCOCC4)ccc3C)ccc2c1. The first kappa shape index (κ1) is 23.2. The molecular weight excluding hydrogens is 440 g/mol. The van der Waals surface area contributed by atoms with Crippen molar-refractivity contribution in [2.45, 2.75) is 24.7 Å². The summed E-state index contributed by atoms with van der Waals surface area (Å²) in [7, 11) is -2.02. The third kappa shape index (κ3) is 4.88. The molecule has 1 saturated heterocycles. The molecular formula is C25H28N2O5S. The van der Waals surface area contributed by atoms with Gasteiger partial charge in [-0.05, 0) is 60.0 Å².